The number of carboxylic acid groups (broad SMARTS) is 1. The summed E-state index contributed by atoms with van der Waals surface area (Å²) in [6.45, 7) is 7.35. The summed E-state index contributed by atoms with van der Waals surface area (Å²) in [5, 5.41) is 8.78. The Bertz CT molecular complexity index is 752. The lowest BCUT2D eigenvalue weighted by Crippen LogP contribution is -2.17. The van der Waals surface area contributed by atoms with Crippen LogP contribution in [0.25, 0.3) is 6.08 Å². The number of carbonyl (C=O) groups excluding carboxylic acids is 1. The normalized spacial score (nSPS) is 12.6. The zero-order valence-electron chi connectivity index (χ0n) is 16.6. The van der Waals surface area contributed by atoms with Crippen molar-refractivity contribution in [1.29, 1.82) is 0 Å². The molecule has 0 unspecified atom stereocenters. The van der Waals surface area contributed by atoms with Crippen LogP contribution in [0.3, 0.4) is 0 Å². The molecule has 0 bridgehead atoms. The summed E-state index contributed by atoms with van der Waals surface area (Å²) in [4.78, 5) is 22.1. The number of ether oxygens (including phenoxy) is 2. The second kappa shape index (κ2) is 11.0. The maximum Gasteiger partial charge on any atom is 0.328 e. The van der Waals surface area contributed by atoms with Gasteiger partial charge in [-0.15, -0.1) is 0 Å². The predicted molar refractivity (Wildman–Crippen MR) is 107 cm³/mol. The molecule has 0 radical (unpaired) electrons. The van der Waals surface area contributed by atoms with Gasteiger partial charge in [0, 0.05) is 19.4 Å². The Morgan fingerprint density at radius 3 is 2.41 bits per heavy atom. The smallest absolute Gasteiger partial charge is 0.328 e. The molecular weight excluding hydrogens is 344 g/mol. The summed E-state index contributed by atoms with van der Waals surface area (Å²) < 4.78 is 10.8. The zero-order chi connectivity index (χ0) is 20.4. The first-order valence-electron chi connectivity index (χ1n) is 8.78. The van der Waals surface area contributed by atoms with Crippen LogP contribution in [0.2, 0.25) is 0 Å². The summed E-state index contributed by atoms with van der Waals surface area (Å²) in [6, 6.07) is 5.50. The van der Waals surface area contributed by atoms with E-state index >= 15 is 0 Å². The highest BCUT2D eigenvalue weighted by atomic mass is 16.5. The summed E-state index contributed by atoms with van der Waals surface area (Å²) in [5.41, 5.74) is 3.82. The molecule has 146 valence electrons. The summed E-state index contributed by atoms with van der Waals surface area (Å²) in [6.07, 6.45) is 7.59. The molecule has 1 aromatic rings. The molecule has 1 N–H and O–H groups in total. The van der Waals surface area contributed by atoms with Gasteiger partial charge in [-0.05, 0) is 62.1 Å². The molecule has 1 atom stereocenters. The Hall–Kier alpha value is -2.82. The first-order chi connectivity index (χ1) is 12.7. The van der Waals surface area contributed by atoms with Gasteiger partial charge in [0.25, 0.3) is 0 Å². The molecule has 0 aromatic heterocycles. The largest absolute Gasteiger partial charge is 0.496 e. The highest BCUT2D eigenvalue weighted by Crippen LogP contribution is 2.23. The SMILES string of the molecule is COc1ccc(/C=C/C(=O)O)cc1C/C=C(\C)[C@@H](CC=C(C)C)OC(C)=O. The molecule has 0 spiro atoms. The Balaban J connectivity index is 3.05. The molecule has 5 nitrogen and oxygen atoms in total. The number of rotatable bonds is 9. The molecule has 5 heteroatoms. The molecule has 0 saturated heterocycles. The Kier molecular flexibility index (Phi) is 9.06. The van der Waals surface area contributed by atoms with Gasteiger partial charge in [-0.2, -0.15) is 0 Å². The van der Waals surface area contributed by atoms with E-state index in [1.165, 1.54) is 12.5 Å². The molecular formula is C22H28O5. The van der Waals surface area contributed by atoms with Crippen molar-refractivity contribution in [2.45, 2.75) is 46.6 Å². The van der Waals surface area contributed by atoms with Crippen molar-refractivity contribution in [3.8, 4) is 5.75 Å². The van der Waals surface area contributed by atoms with E-state index in [0.29, 0.717) is 12.8 Å². The van der Waals surface area contributed by atoms with E-state index in [1.54, 1.807) is 19.3 Å². The van der Waals surface area contributed by atoms with Crippen molar-refractivity contribution in [1.82, 2.24) is 0 Å². The third-order valence-corrected chi connectivity index (χ3v) is 3.92. The van der Waals surface area contributed by atoms with E-state index < -0.39 is 5.97 Å². The number of allylic oxidation sites excluding steroid dienone is 2. The Labute approximate surface area is 161 Å². The minimum atomic E-state index is -0.994. The fraction of sp³-hybridized carbons (Fsp3) is 0.364. The topological polar surface area (TPSA) is 72.8 Å². The van der Waals surface area contributed by atoms with E-state index in [-0.39, 0.29) is 12.1 Å². The van der Waals surface area contributed by atoms with E-state index in [9.17, 15) is 9.59 Å². The maximum absolute atomic E-state index is 11.4. The average Bonchev–Trinajstić information content (AvgIpc) is 2.60. The van der Waals surface area contributed by atoms with Gasteiger partial charge in [0.15, 0.2) is 0 Å². The monoisotopic (exact) mass is 372 g/mol. The number of methoxy groups -OCH3 is 1. The van der Waals surface area contributed by atoms with Crippen LogP contribution in [0.15, 0.2) is 47.6 Å². The van der Waals surface area contributed by atoms with Crippen LogP contribution in [0, 0.1) is 0 Å². The van der Waals surface area contributed by atoms with Crippen LogP contribution in [-0.4, -0.2) is 30.3 Å². The molecule has 27 heavy (non-hydrogen) atoms. The van der Waals surface area contributed by atoms with Crippen LogP contribution in [0.1, 0.15) is 45.2 Å². The van der Waals surface area contributed by atoms with Crippen molar-refractivity contribution >= 4 is 18.0 Å². The number of benzene rings is 1. The minimum Gasteiger partial charge on any atom is -0.496 e. The second-order valence-corrected chi connectivity index (χ2v) is 6.51. The van der Waals surface area contributed by atoms with Gasteiger partial charge in [0.2, 0.25) is 0 Å². The highest BCUT2D eigenvalue weighted by Gasteiger charge is 2.13. The summed E-state index contributed by atoms with van der Waals surface area (Å²) in [5.74, 6) is -0.584. The number of carbonyl (C=O) groups is 2. The lowest BCUT2D eigenvalue weighted by Gasteiger charge is -2.17. The standard InChI is InChI=1S/C22H28O5/c1-15(2)6-11-20(27-17(4)23)16(3)7-10-19-14-18(9-13-22(24)25)8-12-21(19)26-5/h6-9,12-14,20H,10-11H2,1-5H3,(H,24,25)/b13-9+,16-7+/t20-/m1/s1. The fourth-order valence-electron chi connectivity index (χ4n) is 2.50. The first kappa shape index (κ1) is 22.2. The molecule has 1 rings (SSSR count). The second-order valence-electron chi connectivity index (χ2n) is 6.51. The fourth-order valence-corrected chi connectivity index (χ4v) is 2.50. The van der Waals surface area contributed by atoms with Crippen molar-refractivity contribution in [3.05, 3.63) is 58.7 Å². The van der Waals surface area contributed by atoms with E-state index in [0.717, 1.165) is 28.5 Å². The molecule has 0 aliphatic carbocycles. The van der Waals surface area contributed by atoms with E-state index in [4.69, 9.17) is 14.6 Å². The Morgan fingerprint density at radius 1 is 1.15 bits per heavy atom. The first-order valence-corrected chi connectivity index (χ1v) is 8.78. The Morgan fingerprint density at radius 2 is 1.85 bits per heavy atom. The molecule has 0 fully saturated rings. The number of aliphatic carboxylic acids is 1. The van der Waals surface area contributed by atoms with Crippen molar-refractivity contribution in [3.63, 3.8) is 0 Å². The summed E-state index contributed by atoms with van der Waals surface area (Å²) >= 11 is 0. The molecule has 0 saturated carbocycles. The number of carboxylic acids is 1. The predicted octanol–water partition coefficient (Wildman–Crippen LogP) is 4.57. The van der Waals surface area contributed by atoms with Crippen molar-refractivity contribution in [2.24, 2.45) is 0 Å². The van der Waals surface area contributed by atoms with Gasteiger partial charge in [0.1, 0.15) is 11.9 Å². The lowest BCUT2D eigenvalue weighted by atomic mass is 10.0. The van der Waals surface area contributed by atoms with Crippen LogP contribution in [0.5, 0.6) is 5.75 Å². The minimum absolute atomic E-state index is 0.307. The number of esters is 1. The number of hydrogen-bond acceptors (Lipinski definition) is 4. The maximum atomic E-state index is 11.4. The molecule has 0 heterocycles. The third kappa shape index (κ3) is 8.40. The van der Waals surface area contributed by atoms with Crippen LogP contribution < -0.4 is 4.74 Å². The van der Waals surface area contributed by atoms with E-state index in [1.807, 2.05) is 45.1 Å². The average molecular weight is 372 g/mol. The zero-order valence-corrected chi connectivity index (χ0v) is 16.6. The lowest BCUT2D eigenvalue weighted by molar-refractivity contribution is -0.144. The third-order valence-electron chi connectivity index (χ3n) is 3.92. The van der Waals surface area contributed by atoms with Crippen molar-refractivity contribution in [2.75, 3.05) is 7.11 Å². The van der Waals surface area contributed by atoms with Gasteiger partial charge < -0.3 is 14.6 Å². The quantitative estimate of drug-likeness (QED) is 0.390. The van der Waals surface area contributed by atoms with Gasteiger partial charge in [-0.3, -0.25) is 4.79 Å². The number of hydrogen-bond donors (Lipinski definition) is 1. The highest BCUT2D eigenvalue weighted by molar-refractivity contribution is 5.85. The van der Waals surface area contributed by atoms with Gasteiger partial charge >= 0.3 is 11.9 Å². The van der Waals surface area contributed by atoms with Gasteiger partial charge in [-0.25, -0.2) is 4.79 Å². The molecule has 0 amide bonds. The van der Waals surface area contributed by atoms with E-state index in [2.05, 4.69) is 0 Å². The molecule has 0 aliphatic heterocycles. The van der Waals surface area contributed by atoms with Gasteiger partial charge in [0.05, 0.1) is 7.11 Å². The van der Waals surface area contributed by atoms with Crippen LogP contribution in [0.4, 0.5) is 0 Å². The van der Waals surface area contributed by atoms with Crippen LogP contribution >= 0.6 is 0 Å². The van der Waals surface area contributed by atoms with Gasteiger partial charge in [-0.1, -0.05) is 23.8 Å². The van der Waals surface area contributed by atoms with Crippen molar-refractivity contribution < 1.29 is 24.2 Å². The molecule has 1 aromatic carbocycles. The summed E-state index contributed by atoms with van der Waals surface area (Å²) in [7, 11) is 1.60. The van der Waals surface area contributed by atoms with Crippen LogP contribution in [-0.2, 0) is 20.7 Å². The molecule has 0 aliphatic rings.